The summed E-state index contributed by atoms with van der Waals surface area (Å²) >= 11 is 0. The average Bonchev–Trinajstić information content (AvgIpc) is 2.46. The Hall–Kier alpha value is -2.56. The lowest BCUT2D eigenvalue weighted by atomic mass is 10.1. The molecule has 0 heterocycles. The minimum Gasteiger partial charge on any atom is -0.374 e. The van der Waals surface area contributed by atoms with E-state index in [1.165, 1.54) is 7.05 Å². The zero-order valence-corrected chi connectivity index (χ0v) is 11.4. The fraction of sp³-hybridized carbons (Fsp3) is 0.200. The second kappa shape index (κ2) is 6.06. The van der Waals surface area contributed by atoms with Crippen LogP contribution in [-0.2, 0) is 4.79 Å². The van der Waals surface area contributed by atoms with Gasteiger partial charge in [-0.25, -0.2) is 4.79 Å². The monoisotopic (exact) mass is 271 g/mol. The number of hydrogen-bond acceptors (Lipinski definition) is 3. The fourth-order valence-electron chi connectivity index (χ4n) is 1.88. The summed E-state index contributed by atoms with van der Waals surface area (Å²) in [5, 5.41) is 9.88. The second-order valence-electron chi connectivity index (χ2n) is 4.50. The number of imide groups is 1. The van der Waals surface area contributed by atoms with Gasteiger partial charge >= 0.3 is 6.03 Å². The van der Waals surface area contributed by atoms with Crippen LogP contribution in [0.15, 0.2) is 42.5 Å². The summed E-state index contributed by atoms with van der Waals surface area (Å²) in [6, 6.07) is 12.8. The molecule has 2 aromatic carbocycles. The Balaban J connectivity index is 2.07. The molecular weight excluding hydrogens is 254 g/mol. The van der Waals surface area contributed by atoms with E-state index in [0.717, 1.165) is 16.5 Å². The summed E-state index contributed by atoms with van der Waals surface area (Å²) in [7, 11) is 1.46. The number of hydrogen-bond donors (Lipinski definition) is 3. The zero-order valence-electron chi connectivity index (χ0n) is 11.4. The van der Waals surface area contributed by atoms with Crippen LogP contribution < -0.4 is 16.0 Å². The molecule has 2 rings (SSSR count). The summed E-state index contributed by atoms with van der Waals surface area (Å²) < 4.78 is 0. The summed E-state index contributed by atoms with van der Waals surface area (Å²) in [4.78, 5) is 22.8. The number of benzene rings is 2. The average molecular weight is 271 g/mol. The first kappa shape index (κ1) is 13.9. The topological polar surface area (TPSA) is 70.2 Å². The van der Waals surface area contributed by atoms with Gasteiger partial charge in [-0.3, -0.25) is 10.1 Å². The molecule has 0 aliphatic heterocycles. The van der Waals surface area contributed by atoms with Crippen LogP contribution >= 0.6 is 0 Å². The van der Waals surface area contributed by atoms with Gasteiger partial charge in [0.15, 0.2) is 0 Å². The van der Waals surface area contributed by atoms with E-state index in [0.29, 0.717) is 0 Å². The van der Waals surface area contributed by atoms with E-state index in [4.69, 9.17) is 0 Å². The molecule has 0 bridgehead atoms. The van der Waals surface area contributed by atoms with Gasteiger partial charge in [0.25, 0.3) is 0 Å². The van der Waals surface area contributed by atoms with E-state index in [2.05, 4.69) is 16.0 Å². The molecule has 0 spiro atoms. The van der Waals surface area contributed by atoms with Crippen LogP contribution in [-0.4, -0.2) is 25.0 Å². The van der Waals surface area contributed by atoms with Crippen LogP contribution in [0.4, 0.5) is 10.5 Å². The first-order valence-electron chi connectivity index (χ1n) is 6.38. The maximum atomic E-state index is 11.7. The maximum absolute atomic E-state index is 11.7. The van der Waals surface area contributed by atoms with Crippen molar-refractivity contribution in [2.24, 2.45) is 0 Å². The lowest BCUT2D eigenvalue weighted by Gasteiger charge is -2.15. The van der Waals surface area contributed by atoms with E-state index in [1.54, 1.807) is 6.92 Å². The minimum absolute atomic E-state index is 0.377. The largest absolute Gasteiger partial charge is 0.374 e. The molecule has 3 N–H and O–H groups in total. The third kappa shape index (κ3) is 3.26. The van der Waals surface area contributed by atoms with Crippen molar-refractivity contribution >= 4 is 28.4 Å². The van der Waals surface area contributed by atoms with Gasteiger partial charge in [-0.05, 0) is 29.8 Å². The zero-order chi connectivity index (χ0) is 14.5. The van der Waals surface area contributed by atoms with Gasteiger partial charge in [0.2, 0.25) is 5.91 Å². The van der Waals surface area contributed by atoms with E-state index in [-0.39, 0.29) is 5.91 Å². The van der Waals surface area contributed by atoms with Crippen molar-refractivity contribution in [2.45, 2.75) is 13.0 Å². The van der Waals surface area contributed by atoms with Crippen LogP contribution in [0.25, 0.3) is 10.8 Å². The van der Waals surface area contributed by atoms with Crippen molar-refractivity contribution < 1.29 is 9.59 Å². The van der Waals surface area contributed by atoms with Gasteiger partial charge in [-0.15, -0.1) is 0 Å². The standard InChI is InChI=1S/C15H17N3O2/c1-10(14(19)18-15(20)16-2)17-13-8-7-11-5-3-4-6-12(11)9-13/h3-10,17H,1-2H3,(H2,16,18,19,20). The lowest BCUT2D eigenvalue weighted by molar-refractivity contribution is -0.120. The van der Waals surface area contributed by atoms with Crippen molar-refractivity contribution in [1.82, 2.24) is 10.6 Å². The van der Waals surface area contributed by atoms with Gasteiger partial charge in [0, 0.05) is 12.7 Å². The van der Waals surface area contributed by atoms with Crippen molar-refractivity contribution in [2.75, 3.05) is 12.4 Å². The molecule has 0 aromatic heterocycles. The molecular formula is C15H17N3O2. The van der Waals surface area contributed by atoms with Crippen molar-refractivity contribution in [3.63, 3.8) is 0 Å². The Morgan fingerprint density at radius 1 is 1.05 bits per heavy atom. The highest BCUT2D eigenvalue weighted by molar-refractivity contribution is 5.98. The Morgan fingerprint density at radius 2 is 1.75 bits per heavy atom. The molecule has 104 valence electrons. The maximum Gasteiger partial charge on any atom is 0.321 e. The molecule has 0 aliphatic carbocycles. The summed E-state index contributed by atoms with van der Waals surface area (Å²) in [5.41, 5.74) is 0.836. The fourth-order valence-corrected chi connectivity index (χ4v) is 1.88. The van der Waals surface area contributed by atoms with Gasteiger partial charge < -0.3 is 10.6 Å². The number of rotatable bonds is 3. The molecule has 0 radical (unpaired) electrons. The normalized spacial score (nSPS) is 11.7. The highest BCUT2D eigenvalue weighted by atomic mass is 16.2. The third-order valence-corrected chi connectivity index (χ3v) is 2.99. The van der Waals surface area contributed by atoms with Gasteiger partial charge in [0.05, 0.1) is 0 Å². The van der Waals surface area contributed by atoms with Crippen LogP contribution in [0.2, 0.25) is 0 Å². The molecule has 3 amide bonds. The second-order valence-corrected chi connectivity index (χ2v) is 4.50. The number of anilines is 1. The number of amides is 3. The smallest absolute Gasteiger partial charge is 0.321 e. The van der Waals surface area contributed by atoms with Gasteiger partial charge in [-0.2, -0.15) is 0 Å². The van der Waals surface area contributed by atoms with E-state index in [1.807, 2.05) is 42.5 Å². The Labute approximate surface area is 117 Å². The summed E-state index contributed by atoms with van der Waals surface area (Å²) in [6.07, 6.45) is 0. The first-order chi connectivity index (χ1) is 9.60. The summed E-state index contributed by atoms with van der Waals surface area (Å²) in [5.74, 6) is -0.377. The molecule has 1 atom stereocenters. The molecule has 5 heteroatoms. The number of carbonyl (C=O) groups excluding carboxylic acids is 2. The number of fused-ring (bicyclic) bond motifs is 1. The van der Waals surface area contributed by atoms with Crippen molar-refractivity contribution in [3.05, 3.63) is 42.5 Å². The molecule has 1 unspecified atom stereocenters. The molecule has 0 fully saturated rings. The molecule has 20 heavy (non-hydrogen) atoms. The highest BCUT2D eigenvalue weighted by Gasteiger charge is 2.14. The van der Waals surface area contributed by atoms with E-state index >= 15 is 0 Å². The highest BCUT2D eigenvalue weighted by Crippen LogP contribution is 2.19. The third-order valence-electron chi connectivity index (χ3n) is 2.99. The van der Waals surface area contributed by atoms with Crippen LogP contribution in [0.3, 0.4) is 0 Å². The molecule has 2 aromatic rings. The van der Waals surface area contributed by atoms with E-state index in [9.17, 15) is 9.59 Å². The first-order valence-corrected chi connectivity index (χ1v) is 6.38. The minimum atomic E-state index is -0.512. The predicted octanol–water partition coefficient (Wildman–Crippen LogP) is 2.10. The van der Waals surface area contributed by atoms with Gasteiger partial charge in [0.1, 0.15) is 6.04 Å². The quantitative estimate of drug-likeness (QED) is 0.800. The lowest BCUT2D eigenvalue weighted by Crippen LogP contribution is -2.44. The van der Waals surface area contributed by atoms with Crippen molar-refractivity contribution in [1.29, 1.82) is 0 Å². The molecule has 5 nitrogen and oxygen atoms in total. The van der Waals surface area contributed by atoms with Crippen LogP contribution in [0, 0.1) is 0 Å². The van der Waals surface area contributed by atoms with Crippen LogP contribution in [0.1, 0.15) is 6.92 Å². The SMILES string of the molecule is CNC(=O)NC(=O)C(C)Nc1ccc2ccccc2c1. The van der Waals surface area contributed by atoms with Gasteiger partial charge in [-0.1, -0.05) is 30.3 Å². The number of carbonyl (C=O) groups is 2. The molecule has 0 saturated heterocycles. The Morgan fingerprint density at radius 3 is 2.45 bits per heavy atom. The Kier molecular flexibility index (Phi) is 4.20. The van der Waals surface area contributed by atoms with Crippen molar-refractivity contribution in [3.8, 4) is 0 Å². The molecule has 0 saturated carbocycles. The van der Waals surface area contributed by atoms with E-state index < -0.39 is 12.1 Å². The Bertz CT molecular complexity index is 640. The number of nitrogens with one attached hydrogen (secondary N) is 3. The molecule has 0 aliphatic rings. The summed E-state index contributed by atoms with van der Waals surface area (Å²) in [6.45, 7) is 1.70. The predicted molar refractivity (Wildman–Crippen MR) is 79.6 cm³/mol. The number of urea groups is 1. The van der Waals surface area contributed by atoms with Crippen LogP contribution in [0.5, 0.6) is 0 Å².